The summed E-state index contributed by atoms with van der Waals surface area (Å²) >= 11 is 0. The minimum Gasteiger partial charge on any atom is -0.340 e. The van der Waals surface area contributed by atoms with E-state index < -0.39 is 27.9 Å². The highest BCUT2D eigenvalue weighted by atomic mass is 32.2. The van der Waals surface area contributed by atoms with Gasteiger partial charge >= 0.3 is 0 Å². The van der Waals surface area contributed by atoms with E-state index in [0.29, 0.717) is 24.8 Å². The van der Waals surface area contributed by atoms with E-state index in [0.717, 1.165) is 6.20 Å². The Morgan fingerprint density at radius 2 is 2.11 bits per heavy atom. The molecule has 0 unspecified atom stereocenters. The largest absolute Gasteiger partial charge is 0.340 e. The Morgan fingerprint density at radius 1 is 1.36 bits per heavy atom. The van der Waals surface area contributed by atoms with Crippen LogP contribution in [0.3, 0.4) is 0 Å². The maximum absolute atomic E-state index is 14.4. The number of halogens is 1. The van der Waals surface area contributed by atoms with Crippen molar-refractivity contribution in [2.24, 2.45) is 5.73 Å². The maximum Gasteiger partial charge on any atom is 0.244 e. The number of hydrogen-bond donors (Lipinski definition) is 1. The summed E-state index contributed by atoms with van der Waals surface area (Å²) in [5, 5.41) is 0.462. The van der Waals surface area contributed by atoms with Gasteiger partial charge in [-0.25, -0.2) is 12.8 Å². The number of pyridine rings is 1. The van der Waals surface area contributed by atoms with Crippen LogP contribution in [0.5, 0.6) is 0 Å². The second kappa shape index (κ2) is 8.10. The summed E-state index contributed by atoms with van der Waals surface area (Å²) in [6, 6.07) is 3.57. The van der Waals surface area contributed by atoms with Crippen LogP contribution in [0.2, 0.25) is 0 Å². The molecule has 2 N–H and O–H groups in total. The Hall–Kier alpha value is -2.10. The van der Waals surface area contributed by atoms with Crippen LogP contribution in [-0.4, -0.2) is 60.2 Å². The molecule has 7 nitrogen and oxygen atoms in total. The number of fused-ring (bicyclic) bond motifs is 1. The van der Waals surface area contributed by atoms with Gasteiger partial charge in [0, 0.05) is 42.6 Å². The van der Waals surface area contributed by atoms with E-state index >= 15 is 0 Å². The monoisotopic (exact) mass is 408 g/mol. The van der Waals surface area contributed by atoms with Crippen LogP contribution in [0.4, 0.5) is 4.39 Å². The molecule has 3 rings (SSSR count). The Bertz CT molecular complexity index is 977. The quantitative estimate of drug-likeness (QED) is 0.831. The second-order valence-corrected chi connectivity index (χ2v) is 8.95. The third kappa shape index (κ3) is 3.74. The molecular weight excluding hydrogens is 383 g/mol. The van der Waals surface area contributed by atoms with Crippen LogP contribution in [0.1, 0.15) is 26.7 Å². The number of nitrogens with zero attached hydrogens (tertiary/aromatic N) is 3. The molecule has 1 aliphatic heterocycles. The van der Waals surface area contributed by atoms with Gasteiger partial charge in [0.15, 0.2) is 5.82 Å². The average molecular weight is 408 g/mol. The number of benzene rings is 1. The molecule has 2 heterocycles. The van der Waals surface area contributed by atoms with Crippen LogP contribution in [-0.2, 0) is 14.8 Å². The molecule has 0 radical (unpaired) electrons. The Balaban J connectivity index is 1.96. The van der Waals surface area contributed by atoms with Crippen molar-refractivity contribution < 1.29 is 17.6 Å². The molecule has 0 spiro atoms. The normalized spacial score (nSPS) is 20.1. The van der Waals surface area contributed by atoms with Crippen molar-refractivity contribution in [2.75, 3.05) is 19.6 Å². The fraction of sp³-hybridized carbons (Fsp3) is 0.474. The molecule has 28 heavy (non-hydrogen) atoms. The predicted octanol–water partition coefficient (Wildman–Crippen LogP) is 1.72. The van der Waals surface area contributed by atoms with Crippen LogP contribution >= 0.6 is 0 Å². The Labute approximate surface area is 164 Å². The van der Waals surface area contributed by atoms with Gasteiger partial charge in [-0.05, 0) is 25.8 Å². The first-order valence-corrected chi connectivity index (χ1v) is 10.8. The van der Waals surface area contributed by atoms with Gasteiger partial charge in [-0.2, -0.15) is 4.31 Å². The molecule has 1 amide bonds. The van der Waals surface area contributed by atoms with Crippen LogP contribution < -0.4 is 5.73 Å². The maximum atomic E-state index is 14.4. The SMILES string of the molecule is CC[C@H](N)C(=O)N1CCCN(S(=O)(=O)c2cccc3cncc(F)c23)[C@@H](C)C1. The molecule has 1 aliphatic rings. The van der Waals surface area contributed by atoms with Gasteiger partial charge in [-0.3, -0.25) is 9.78 Å². The van der Waals surface area contributed by atoms with Gasteiger partial charge in [0.1, 0.15) is 0 Å². The number of carbonyl (C=O) groups excluding carboxylic acids is 1. The molecule has 1 fully saturated rings. The average Bonchev–Trinajstić information content (AvgIpc) is 2.88. The summed E-state index contributed by atoms with van der Waals surface area (Å²) in [6.07, 6.45) is 3.46. The lowest BCUT2D eigenvalue weighted by molar-refractivity contribution is -0.132. The van der Waals surface area contributed by atoms with E-state index in [1.807, 2.05) is 6.92 Å². The molecular formula is C19H25FN4O3S. The summed E-state index contributed by atoms with van der Waals surface area (Å²) in [4.78, 5) is 17.8. The smallest absolute Gasteiger partial charge is 0.244 e. The summed E-state index contributed by atoms with van der Waals surface area (Å²) in [7, 11) is -3.96. The van der Waals surface area contributed by atoms with E-state index in [9.17, 15) is 17.6 Å². The van der Waals surface area contributed by atoms with Crippen LogP contribution in [0.25, 0.3) is 10.8 Å². The number of carbonyl (C=O) groups is 1. The van der Waals surface area contributed by atoms with Crippen molar-refractivity contribution in [3.8, 4) is 0 Å². The van der Waals surface area contributed by atoms with Gasteiger partial charge in [-0.15, -0.1) is 0 Å². The van der Waals surface area contributed by atoms with E-state index in [2.05, 4.69) is 4.98 Å². The summed E-state index contributed by atoms with van der Waals surface area (Å²) in [6.45, 7) is 4.53. The first kappa shape index (κ1) is 20.6. The molecule has 2 aromatic rings. The van der Waals surface area contributed by atoms with Gasteiger partial charge in [0.2, 0.25) is 15.9 Å². The standard InChI is InChI=1S/C19H25FN4O3S/c1-3-16(21)19(25)23-8-5-9-24(13(2)12-23)28(26,27)17-7-4-6-14-10-22-11-15(20)18(14)17/h4,6-7,10-11,13,16H,3,5,8-9,12,21H2,1-2H3/t13-,16-/m0/s1. The molecule has 0 bridgehead atoms. The van der Waals surface area contributed by atoms with E-state index in [1.54, 1.807) is 24.0 Å². The molecule has 1 aromatic carbocycles. The number of rotatable bonds is 4. The van der Waals surface area contributed by atoms with Gasteiger partial charge < -0.3 is 10.6 Å². The predicted molar refractivity (Wildman–Crippen MR) is 105 cm³/mol. The number of nitrogens with two attached hydrogens (primary N) is 1. The summed E-state index contributed by atoms with van der Waals surface area (Å²) in [5.41, 5.74) is 5.86. The molecule has 1 saturated heterocycles. The van der Waals surface area contributed by atoms with E-state index in [-0.39, 0.29) is 29.3 Å². The highest BCUT2D eigenvalue weighted by Crippen LogP contribution is 2.29. The van der Waals surface area contributed by atoms with Crippen LogP contribution in [0, 0.1) is 5.82 Å². The lowest BCUT2D eigenvalue weighted by Crippen LogP contribution is -2.48. The van der Waals surface area contributed by atoms with Gasteiger partial charge in [0.05, 0.1) is 17.1 Å². The fourth-order valence-corrected chi connectivity index (χ4v) is 5.49. The lowest BCUT2D eigenvalue weighted by atomic mass is 10.2. The highest BCUT2D eigenvalue weighted by molar-refractivity contribution is 7.89. The molecule has 152 valence electrons. The van der Waals surface area contributed by atoms with Crippen molar-refractivity contribution in [1.82, 2.24) is 14.2 Å². The Kier molecular flexibility index (Phi) is 5.97. The third-order valence-corrected chi connectivity index (χ3v) is 7.19. The minimum absolute atomic E-state index is 0.0369. The molecule has 2 atom stereocenters. The lowest BCUT2D eigenvalue weighted by Gasteiger charge is -2.29. The molecule has 9 heteroatoms. The van der Waals surface area contributed by atoms with Crippen molar-refractivity contribution in [1.29, 1.82) is 0 Å². The number of sulfonamides is 1. The van der Waals surface area contributed by atoms with Crippen molar-refractivity contribution in [3.63, 3.8) is 0 Å². The minimum atomic E-state index is -3.96. The van der Waals surface area contributed by atoms with Crippen molar-refractivity contribution >= 4 is 26.7 Å². The number of amides is 1. The summed E-state index contributed by atoms with van der Waals surface area (Å²) < 4.78 is 42.5. The van der Waals surface area contributed by atoms with Crippen molar-refractivity contribution in [2.45, 2.75) is 43.7 Å². The number of hydrogen-bond acceptors (Lipinski definition) is 5. The first-order valence-electron chi connectivity index (χ1n) is 9.35. The van der Waals surface area contributed by atoms with Gasteiger partial charge in [-0.1, -0.05) is 19.1 Å². The summed E-state index contributed by atoms with van der Waals surface area (Å²) in [5.74, 6) is -0.847. The molecule has 0 aliphatic carbocycles. The van der Waals surface area contributed by atoms with E-state index in [1.165, 1.54) is 16.6 Å². The zero-order chi connectivity index (χ0) is 20.5. The molecule has 1 aromatic heterocycles. The van der Waals surface area contributed by atoms with Crippen LogP contribution in [0.15, 0.2) is 35.5 Å². The number of aromatic nitrogens is 1. The fourth-order valence-electron chi connectivity index (χ4n) is 3.61. The second-order valence-electron chi connectivity index (χ2n) is 7.09. The van der Waals surface area contributed by atoms with Crippen molar-refractivity contribution in [3.05, 3.63) is 36.4 Å². The molecule has 0 saturated carbocycles. The zero-order valence-electron chi connectivity index (χ0n) is 16.0. The third-order valence-electron chi connectivity index (χ3n) is 5.14. The zero-order valence-corrected chi connectivity index (χ0v) is 16.8. The Morgan fingerprint density at radius 3 is 2.82 bits per heavy atom. The highest BCUT2D eigenvalue weighted by Gasteiger charge is 2.35. The first-order chi connectivity index (χ1) is 13.3. The topological polar surface area (TPSA) is 96.6 Å². The van der Waals surface area contributed by atoms with Gasteiger partial charge in [0.25, 0.3) is 0 Å². The van der Waals surface area contributed by atoms with E-state index in [4.69, 9.17) is 5.73 Å².